The summed E-state index contributed by atoms with van der Waals surface area (Å²) >= 11 is 0. The Morgan fingerprint density at radius 3 is 2.44 bits per heavy atom. The van der Waals surface area contributed by atoms with E-state index in [9.17, 15) is 4.79 Å². The average molecular weight is 343 g/mol. The second-order valence-electron chi connectivity index (χ2n) is 5.71. The van der Waals surface area contributed by atoms with E-state index in [1.807, 2.05) is 31.2 Å². The minimum atomic E-state index is -0.243. The number of carbonyl (C=O) groups is 1. The molecule has 0 bridgehead atoms. The van der Waals surface area contributed by atoms with Crippen molar-refractivity contribution in [3.8, 4) is 23.0 Å². The highest BCUT2D eigenvalue weighted by molar-refractivity contribution is 5.95. The average Bonchev–Trinajstić information content (AvgIpc) is 2.66. The summed E-state index contributed by atoms with van der Waals surface area (Å²) in [6.07, 6.45) is -0.243. The minimum Gasteiger partial charge on any atom is -0.496 e. The summed E-state index contributed by atoms with van der Waals surface area (Å²) in [7, 11) is 3.13. The monoisotopic (exact) mass is 343 g/mol. The maximum Gasteiger partial charge on any atom is 0.251 e. The van der Waals surface area contributed by atoms with Crippen LogP contribution in [0.2, 0.25) is 0 Å². The molecule has 25 heavy (non-hydrogen) atoms. The third-order valence-electron chi connectivity index (χ3n) is 4.07. The van der Waals surface area contributed by atoms with E-state index in [1.165, 1.54) is 0 Å². The molecular weight excluding hydrogens is 322 g/mol. The summed E-state index contributed by atoms with van der Waals surface area (Å²) < 4.78 is 22.1. The number of carbonyl (C=O) groups excluding carboxylic acids is 1. The van der Waals surface area contributed by atoms with Crippen LogP contribution in [0.25, 0.3) is 0 Å². The van der Waals surface area contributed by atoms with Gasteiger partial charge in [0.05, 0.1) is 20.8 Å². The molecule has 0 saturated carbocycles. The van der Waals surface area contributed by atoms with Gasteiger partial charge in [0.15, 0.2) is 11.5 Å². The van der Waals surface area contributed by atoms with Gasteiger partial charge in [0.25, 0.3) is 5.91 Å². The number of methoxy groups -OCH3 is 2. The lowest BCUT2D eigenvalue weighted by Gasteiger charge is -2.26. The van der Waals surface area contributed by atoms with Crippen molar-refractivity contribution >= 4 is 5.91 Å². The molecule has 2 aromatic rings. The number of nitrogens with one attached hydrogen (secondary N) is 1. The molecule has 0 aliphatic carbocycles. The first-order chi connectivity index (χ1) is 12.1. The molecule has 1 N–H and O–H groups in total. The van der Waals surface area contributed by atoms with Gasteiger partial charge < -0.3 is 24.3 Å². The van der Waals surface area contributed by atoms with Crippen molar-refractivity contribution in [2.24, 2.45) is 0 Å². The fourth-order valence-corrected chi connectivity index (χ4v) is 2.69. The van der Waals surface area contributed by atoms with Gasteiger partial charge >= 0.3 is 0 Å². The summed E-state index contributed by atoms with van der Waals surface area (Å²) in [6.45, 7) is 2.60. The second kappa shape index (κ2) is 7.34. The Labute approximate surface area is 146 Å². The second-order valence-corrected chi connectivity index (χ2v) is 5.71. The van der Waals surface area contributed by atoms with E-state index in [0.717, 1.165) is 11.3 Å². The molecule has 0 radical (unpaired) electrons. The van der Waals surface area contributed by atoms with Gasteiger partial charge in [0.1, 0.15) is 24.2 Å². The SMILES string of the molecule is COc1cc(C(=O)NC[C@H]2COc3ccccc3O2)cc(OC)c1C. The van der Waals surface area contributed by atoms with E-state index in [2.05, 4.69) is 5.32 Å². The summed E-state index contributed by atoms with van der Waals surface area (Å²) in [5.74, 6) is 2.40. The summed E-state index contributed by atoms with van der Waals surface area (Å²) in [5.41, 5.74) is 1.32. The molecule has 0 spiro atoms. The van der Waals surface area contributed by atoms with Crippen molar-refractivity contribution in [2.75, 3.05) is 27.4 Å². The van der Waals surface area contributed by atoms with Gasteiger partial charge in [-0.2, -0.15) is 0 Å². The zero-order valence-corrected chi connectivity index (χ0v) is 14.5. The number of para-hydroxylation sites is 2. The number of ether oxygens (including phenoxy) is 4. The van der Waals surface area contributed by atoms with E-state index >= 15 is 0 Å². The van der Waals surface area contributed by atoms with E-state index in [1.54, 1.807) is 26.4 Å². The Bertz CT molecular complexity index is 749. The van der Waals surface area contributed by atoms with E-state index in [0.29, 0.717) is 36.0 Å². The van der Waals surface area contributed by atoms with Gasteiger partial charge in [-0.05, 0) is 31.2 Å². The highest BCUT2D eigenvalue weighted by atomic mass is 16.6. The molecule has 0 aromatic heterocycles. The number of benzene rings is 2. The van der Waals surface area contributed by atoms with Crippen LogP contribution in [0.3, 0.4) is 0 Å². The number of rotatable bonds is 5. The molecule has 0 fully saturated rings. The first kappa shape index (κ1) is 17.0. The van der Waals surface area contributed by atoms with Crippen molar-refractivity contribution < 1.29 is 23.7 Å². The zero-order valence-electron chi connectivity index (χ0n) is 14.5. The lowest BCUT2D eigenvalue weighted by atomic mass is 10.1. The van der Waals surface area contributed by atoms with Crippen molar-refractivity contribution in [3.05, 3.63) is 47.5 Å². The van der Waals surface area contributed by atoms with Crippen LogP contribution in [0.15, 0.2) is 36.4 Å². The molecule has 1 amide bonds. The Hall–Kier alpha value is -2.89. The fourth-order valence-electron chi connectivity index (χ4n) is 2.69. The Morgan fingerprint density at radius 2 is 1.80 bits per heavy atom. The topological polar surface area (TPSA) is 66.0 Å². The molecule has 2 aromatic carbocycles. The molecule has 0 unspecified atom stereocenters. The largest absolute Gasteiger partial charge is 0.496 e. The number of hydrogen-bond donors (Lipinski definition) is 1. The molecule has 6 heteroatoms. The Morgan fingerprint density at radius 1 is 1.16 bits per heavy atom. The summed E-state index contributed by atoms with van der Waals surface area (Å²) in [5, 5.41) is 2.87. The Kier molecular flexibility index (Phi) is 4.97. The Balaban J connectivity index is 1.65. The van der Waals surface area contributed by atoms with Gasteiger partial charge in [-0.1, -0.05) is 12.1 Å². The van der Waals surface area contributed by atoms with Gasteiger partial charge in [0.2, 0.25) is 0 Å². The van der Waals surface area contributed by atoms with Gasteiger partial charge in [0, 0.05) is 11.1 Å². The molecule has 3 rings (SSSR count). The standard InChI is InChI=1S/C19H21NO5/c1-12-17(22-2)8-13(9-18(12)23-3)19(21)20-10-14-11-24-15-6-4-5-7-16(15)25-14/h4-9,14H,10-11H2,1-3H3,(H,20,21)/t14-/m0/s1. The number of amides is 1. The lowest BCUT2D eigenvalue weighted by Crippen LogP contribution is -2.40. The highest BCUT2D eigenvalue weighted by Gasteiger charge is 2.22. The van der Waals surface area contributed by atoms with Crippen LogP contribution in [0.4, 0.5) is 0 Å². The quantitative estimate of drug-likeness (QED) is 0.904. The highest BCUT2D eigenvalue weighted by Crippen LogP contribution is 2.31. The normalized spacial score (nSPS) is 15.4. The summed E-state index contributed by atoms with van der Waals surface area (Å²) in [4.78, 5) is 12.5. The van der Waals surface area contributed by atoms with Crippen LogP contribution in [0.5, 0.6) is 23.0 Å². The molecule has 0 saturated heterocycles. The third kappa shape index (κ3) is 3.63. The molecule has 1 aliphatic rings. The first-order valence-electron chi connectivity index (χ1n) is 8.01. The van der Waals surface area contributed by atoms with E-state index in [-0.39, 0.29) is 12.0 Å². The predicted molar refractivity (Wildman–Crippen MR) is 93.0 cm³/mol. The minimum absolute atomic E-state index is 0.223. The van der Waals surface area contributed by atoms with Crippen LogP contribution in [0.1, 0.15) is 15.9 Å². The van der Waals surface area contributed by atoms with Gasteiger partial charge in [-0.15, -0.1) is 0 Å². The van der Waals surface area contributed by atoms with Gasteiger partial charge in [-0.3, -0.25) is 4.79 Å². The van der Waals surface area contributed by atoms with Crippen LogP contribution < -0.4 is 24.3 Å². The fraction of sp³-hybridized carbons (Fsp3) is 0.316. The molecule has 132 valence electrons. The molecular formula is C19H21NO5. The molecule has 1 atom stereocenters. The van der Waals surface area contributed by atoms with Crippen LogP contribution >= 0.6 is 0 Å². The zero-order chi connectivity index (χ0) is 17.8. The van der Waals surface area contributed by atoms with Crippen LogP contribution in [-0.4, -0.2) is 39.4 Å². The van der Waals surface area contributed by atoms with Gasteiger partial charge in [-0.25, -0.2) is 0 Å². The predicted octanol–water partition coefficient (Wildman–Crippen LogP) is 2.58. The number of hydrogen-bond acceptors (Lipinski definition) is 5. The molecule has 1 heterocycles. The van der Waals surface area contributed by atoms with Crippen LogP contribution in [0, 0.1) is 6.92 Å². The lowest BCUT2D eigenvalue weighted by molar-refractivity contribution is 0.0789. The van der Waals surface area contributed by atoms with Crippen molar-refractivity contribution in [1.29, 1.82) is 0 Å². The third-order valence-corrected chi connectivity index (χ3v) is 4.07. The molecule has 1 aliphatic heterocycles. The van der Waals surface area contributed by atoms with Crippen molar-refractivity contribution in [3.63, 3.8) is 0 Å². The summed E-state index contributed by atoms with van der Waals surface area (Å²) in [6, 6.07) is 10.9. The molecule has 6 nitrogen and oxygen atoms in total. The maximum atomic E-state index is 12.5. The number of fused-ring (bicyclic) bond motifs is 1. The smallest absolute Gasteiger partial charge is 0.251 e. The van der Waals surface area contributed by atoms with Crippen LogP contribution in [-0.2, 0) is 0 Å². The van der Waals surface area contributed by atoms with E-state index in [4.69, 9.17) is 18.9 Å². The van der Waals surface area contributed by atoms with Crippen molar-refractivity contribution in [2.45, 2.75) is 13.0 Å². The van der Waals surface area contributed by atoms with E-state index < -0.39 is 0 Å². The first-order valence-corrected chi connectivity index (χ1v) is 8.01. The maximum absolute atomic E-state index is 12.5. The van der Waals surface area contributed by atoms with Crippen molar-refractivity contribution in [1.82, 2.24) is 5.32 Å².